The zero-order valence-corrected chi connectivity index (χ0v) is 21.0. The SMILES string of the molecule is Cc1ccc(CSc2nc3n(n2)[C@H](c2cccc([N+](=O)[O-])c2)C2=C(CC(C)(C)CC2=O)N3)c(C)c1. The molecule has 180 valence electrons. The fourth-order valence-corrected chi connectivity index (χ4v) is 5.82. The van der Waals surface area contributed by atoms with E-state index in [0.717, 1.165) is 11.4 Å². The molecule has 5 rings (SSSR count). The molecule has 2 aliphatic rings. The average molecular weight is 490 g/mol. The van der Waals surface area contributed by atoms with Crippen molar-refractivity contribution in [3.05, 3.63) is 86.1 Å². The normalized spacial score (nSPS) is 18.6. The van der Waals surface area contributed by atoms with Gasteiger partial charge in [-0.1, -0.05) is 61.5 Å². The van der Waals surface area contributed by atoms with Crippen LogP contribution >= 0.6 is 11.8 Å². The first-order valence-corrected chi connectivity index (χ1v) is 12.5. The highest BCUT2D eigenvalue weighted by molar-refractivity contribution is 7.98. The number of aromatic nitrogens is 3. The standard InChI is InChI=1S/C26H27N5O3S/c1-15-8-9-18(16(2)10-15)14-35-25-28-24-27-20-12-26(3,4)13-21(32)22(20)23(30(24)29-25)17-6-5-7-19(11-17)31(33)34/h5-11,23H,12-14H2,1-4H3,(H,27,28,29)/t23-/m1/s1. The third-order valence-corrected chi connectivity index (χ3v) is 7.45. The van der Waals surface area contributed by atoms with Gasteiger partial charge in [-0.2, -0.15) is 4.98 Å². The van der Waals surface area contributed by atoms with Crippen LogP contribution in [0.3, 0.4) is 0 Å². The molecule has 0 unspecified atom stereocenters. The van der Waals surface area contributed by atoms with Gasteiger partial charge < -0.3 is 5.32 Å². The molecule has 0 saturated heterocycles. The first-order chi connectivity index (χ1) is 16.6. The van der Waals surface area contributed by atoms with Gasteiger partial charge in [-0.3, -0.25) is 14.9 Å². The van der Waals surface area contributed by atoms with E-state index in [2.05, 4.69) is 51.2 Å². The molecule has 0 radical (unpaired) electrons. The molecule has 2 heterocycles. The van der Waals surface area contributed by atoms with E-state index in [1.165, 1.54) is 40.6 Å². The van der Waals surface area contributed by atoms with E-state index in [-0.39, 0.29) is 16.9 Å². The van der Waals surface area contributed by atoms with Crippen LogP contribution in [-0.2, 0) is 10.5 Å². The molecule has 0 fully saturated rings. The largest absolute Gasteiger partial charge is 0.328 e. The Morgan fingerprint density at radius 3 is 2.74 bits per heavy atom. The van der Waals surface area contributed by atoms with Crippen molar-refractivity contribution in [2.45, 2.75) is 57.5 Å². The zero-order valence-electron chi connectivity index (χ0n) is 20.2. The molecule has 1 atom stereocenters. The van der Waals surface area contributed by atoms with Crippen molar-refractivity contribution < 1.29 is 9.72 Å². The number of carbonyl (C=O) groups is 1. The highest BCUT2D eigenvalue weighted by Gasteiger charge is 2.42. The van der Waals surface area contributed by atoms with E-state index in [9.17, 15) is 14.9 Å². The van der Waals surface area contributed by atoms with E-state index >= 15 is 0 Å². The number of rotatable bonds is 5. The number of carbonyl (C=O) groups excluding carboxylic acids is 1. The van der Waals surface area contributed by atoms with Gasteiger partial charge in [-0.05, 0) is 42.4 Å². The maximum Gasteiger partial charge on any atom is 0.269 e. The van der Waals surface area contributed by atoms with Gasteiger partial charge in [0.05, 0.1) is 4.92 Å². The van der Waals surface area contributed by atoms with Crippen molar-refractivity contribution in [3.8, 4) is 0 Å². The van der Waals surface area contributed by atoms with Crippen LogP contribution in [0.5, 0.6) is 0 Å². The molecule has 0 saturated carbocycles. The fourth-order valence-electron chi connectivity index (χ4n) is 4.92. The summed E-state index contributed by atoms with van der Waals surface area (Å²) < 4.78 is 1.71. The molecule has 0 bridgehead atoms. The Morgan fingerprint density at radius 2 is 2.00 bits per heavy atom. The maximum atomic E-state index is 13.3. The number of nitro groups is 1. The number of hydrogen-bond donors (Lipinski definition) is 1. The van der Waals surface area contributed by atoms with Gasteiger partial charge in [0, 0.05) is 35.6 Å². The minimum Gasteiger partial charge on any atom is -0.328 e. The topological polar surface area (TPSA) is 103 Å². The van der Waals surface area contributed by atoms with Gasteiger partial charge in [0.25, 0.3) is 5.69 Å². The number of aryl methyl sites for hydroxylation is 2. The lowest BCUT2D eigenvalue weighted by Gasteiger charge is -2.38. The molecule has 9 heteroatoms. The molecule has 1 aromatic heterocycles. The summed E-state index contributed by atoms with van der Waals surface area (Å²) in [7, 11) is 0. The van der Waals surface area contributed by atoms with Crippen LogP contribution in [0.4, 0.5) is 11.6 Å². The van der Waals surface area contributed by atoms with Gasteiger partial charge >= 0.3 is 0 Å². The summed E-state index contributed by atoms with van der Waals surface area (Å²) in [5.74, 6) is 1.30. The molecular formula is C26H27N5O3S. The molecule has 0 spiro atoms. The Bertz CT molecular complexity index is 1390. The van der Waals surface area contributed by atoms with Crippen molar-refractivity contribution in [1.29, 1.82) is 0 Å². The Morgan fingerprint density at radius 1 is 1.20 bits per heavy atom. The first kappa shape index (κ1) is 23.3. The molecule has 0 amide bonds. The lowest BCUT2D eigenvalue weighted by Crippen LogP contribution is -2.36. The summed E-state index contributed by atoms with van der Waals surface area (Å²) >= 11 is 1.53. The highest BCUT2D eigenvalue weighted by Crippen LogP contribution is 2.46. The lowest BCUT2D eigenvalue weighted by molar-refractivity contribution is -0.384. The number of non-ortho nitro benzene ring substituents is 1. The van der Waals surface area contributed by atoms with Gasteiger partial charge in [0.15, 0.2) is 5.78 Å². The molecule has 1 N–H and O–H groups in total. The summed E-state index contributed by atoms with van der Waals surface area (Å²) in [6.07, 6.45) is 1.11. The molecule has 3 aromatic rings. The number of nitrogens with one attached hydrogen (secondary N) is 1. The summed E-state index contributed by atoms with van der Waals surface area (Å²) in [6, 6.07) is 12.3. The number of benzene rings is 2. The predicted molar refractivity (Wildman–Crippen MR) is 135 cm³/mol. The highest BCUT2D eigenvalue weighted by atomic mass is 32.2. The molecular weight excluding hydrogens is 462 g/mol. The van der Waals surface area contributed by atoms with Crippen molar-refractivity contribution in [2.75, 3.05) is 5.32 Å². The number of hydrogen-bond acceptors (Lipinski definition) is 7. The second-order valence-corrected chi connectivity index (χ2v) is 11.0. The van der Waals surface area contributed by atoms with Crippen LogP contribution in [0.25, 0.3) is 0 Å². The predicted octanol–water partition coefficient (Wildman–Crippen LogP) is 5.75. The van der Waals surface area contributed by atoms with Crippen LogP contribution in [0, 0.1) is 29.4 Å². The zero-order chi connectivity index (χ0) is 24.9. The van der Waals surface area contributed by atoms with Gasteiger partial charge in [0.2, 0.25) is 11.1 Å². The third-order valence-electron chi connectivity index (χ3n) is 6.56. The summed E-state index contributed by atoms with van der Waals surface area (Å²) in [5, 5.41) is 20.2. The number of nitro benzene ring substituents is 1. The van der Waals surface area contributed by atoms with Crippen LogP contribution in [-0.4, -0.2) is 25.5 Å². The van der Waals surface area contributed by atoms with Crippen LogP contribution in [0.15, 0.2) is 58.9 Å². The number of allylic oxidation sites excluding steroid dienone is 2. The van der Waals surface area contributed by atoms with Gasteiger partial charge in [-0.15, -0.1) is 5.10 Å². The maximum absolute atomic E-state index is 13.3. The number of ketones is 1. The Kier molecular flexibility index (Phi) is 5.75. The third kappa shape index (κ3) is 4.48. The van der Waals surface area contributed by atoms with E-state index in [4.69, 9.17) is 10.1 Å². The summed E-state index contributed by atoms with van der Waals surface area (Å²) in [4.78, 5) is 29.1. The summed E-state index contributed by atoms with van der Waals surface area (Å²) in [6.45, 7) is 8.32. The van der Waals surface area contributed by atoms with E-state index < -0.39 is 11.0 Å². The second kappa shape index (κ2) is 8.64. The van der Waals surface area contributed by atoms with Crippen LogP contribution < -0.4 is 5.32 Å². The molecule has 1 aliphatic heterocycles. The molecule has 2 aromatic carbocycles. The summed E-state index contributed by atoms with van der Waals surface area (Å²) in [5.41, 5.74) is 5.56. The number of fused-ring (bicyclic) bond motifs is 1. The average Bonchev–Trinajstić information content (AvgIpc) is 3.18. The van der Waals surface area contributed by atoms with Gasteiger partial charge in [0.1, 0.15) is 6.04 Å². The molecule has 1 aliphatic carbocycles. The van der Waals surface area contributed by atoms with E-state index in [1.54, 1.807) is 10.7 Å². The smallest absolute Gasteiger partial charge is 0.269 e. The van der Waals surface area contributed by atoms with Crippen molar-refractivity contribution in [1.82, 2.24) is 14.8 Å². The van der Waals surface area contributed by atoms with Crippen LogP contribution in [0.1, 0.15) is 55.0 Å². The Balaban J connectivity index is 1.55. The lowest BCUT2D eigenvalue weighted by atomic mass is 9.73. The van der Waals surface area contributed by atoms with E-state index in [1.807, 2.05) is 6.07 Å². The quantitative estimate of drug-likeness (QED) is 0.276. The monoisotopic (exact) mass is 489 g/mol. The number of Topliss-reactive ketones (excluding diaryl/α,β-unsaturated/α-hetero) is 1. The van der Waals surface area contributed by atoms with Gasteiger partial charge in [-0.25, -0.2) is 4.68 Å². The number of thioether (sulfide) groups is 1. The van der Waals surface area contributed by atoms with Crippen molar-refractivity contribution in [3.63, 3.8) is 0 Å². The van der Waals surface area contributed by atoms with E-state index in [0.29, 0.717) is 35.1 Å². The number of anilines is 1. The minimum atomic E-state index is -0.562. The molecule has 8 nitrogen and oxygen atoms in total. The first-order valence-electron chi connectivity index (χ1n) is 11.5. The van der Waals surface area contributed by atoms with Crippen molar-refractivity contribution >= 4 is 29.2 Å². The minimum absolute atomic E-state index is 0.0159. The number of nitrogens with zero attached hydrogens (tertiary/aromatic N) is 4. The fraction of sp³-hybridized carbons (Fsp3) is 0.346. The van der Waals surface area contributed by atoms with Crippen molar-refractivity contribution in [2.24, 2.45) is 5.41 Å². The molecule has 35 heavy (non-hydrogen) atoms. The second-order valence-electron chi connectivity index (χ2n) is 10.1. The Labute approximate surface area is 208 Å². The Hall–Kier alpha value is -3.46. The van der Waals surface area contributed by atoms with Crippen LogP contribution in [0.2, 0.25) is 0 Å².